The van der Waals surface area contributed by atoms with Crippen LogP contribution in [0.2, 0.25) is 5.02 Å². The molecule has 4 rings (SSSR count). The Morgan fingerprint density at radius 3 is 2.71 bits per heavy atom. The summed E-state index contributed by atoms with van der Waals surface area (Å²) in [6.45, 7) is 1.83. The van der Waals surface area contributed by atoms with Gasteiger partial charge in [0.2, 0.25) is 5.95 Å². The molecule has 3 aromatic rings. The van der Waals surface area contributed by atoms with Crippen molar-refractivity contribution in [3.8, 4) is 11.5 Å². The highest BCUT2D eigenvalue weighted by Gasteiger charge is 2.34. The van der Waals surface area contributed by atoms with Crippen LogP contribution < -0.4 is 20.1 Å². The van der Waals surface area contributed by atoms with Crippen LogP contribution in [0, 0.1) is 0 Å². The van der Waals surface area contributed by atoms with Crippen LogP contribution in [0.1, 0.15) is 18.5 Å². The van der Waals surface area contributed by atoms with E-state index in [2.05, 4.69) is 36.6 Å². The lowest BCUT2D eigenvalue weighted by Gasteiger charge is -2.29. The minimum atomic E-state index is -0.476. The van der Waals surface area contributed by atoms with E-state index in [1.807, 2.05) is 31.2 Å². The summed E-state index contributed by atoms with van der Waals surface area (Å²) in [7, 11) is 3.01. The molecule has 1 amide bonds. The number of nitrogens with zero attached hydrogens (tertiary/aromatic N) is 3. The number of allylic oxidation sites excluding steroid dienone is 1. The molecule has 0 saturated carbocycles. The smallest absolute Gasteiger partial charge is 0.255 e. The maximum atomic E-state index is 13.5. The highest BCUT2D eigenvalue weighted by atomic mass is 79.9. The Labute approximate surface area is 192 Å². The van der Waals surface area contributed by atoms with Gasteiger partial charge >= 0.3 is 0 Å². The van der Waals surface area contributed by atoms with Crippen LogP contribution in [0.4, 0.5) is 11.6 Å². The van der Waals surface area contributed by atoms with Crippen LogP contribution in [-0.4, -0.2) is 34.9 Å². The van der Waals surface area contributed by atoms with Crippen LogP contribution in [0.25, 0.3) is 0 Å². The standard InChI is InChI=1S/C21H19BrClN5O3/c1-11-18(20(29)27-15-9-16(30-2)14(23)8-17(15)31-3)19(12-5-4-6-13(22)7-12)28-21(26-11)24-10-25-28/h4-10,19H,1-3H3,(H,27,29)(H,24,25,26). The number of benzene rings is 2. The average molecular weight is 505 g/mol. The molecular formula is C21H19BrClN5O3. The lowest BCUT2D eigenvalue weighted by atomic mass is 9.95. The van der Waals surface area contributed by atoms with E-state index < -0.39 is 6.04 Å². The summed E-state index contributed by atoms with van der Waals surface area (Å²) in [5, 5.41) is 10.8. The number of aromatic nitrogens is 3. The third kappa shape index (κ3) is 3.98. The molecule has 1 aliphatic heterocycles. The SMILES string of the molecule is COc1cc(NC(=O)C2=C(C)Nc3ncnn3C2c2cccc(Br)c2)c(OC)cc1Cl. The zero-order chi connectivity index (χ0) is 22.1. The first-order valence-electron chi connectivity index (χ1n) is 9.28. The Hall–Kier alpha value is -3.04. The molecule has 0 bridgehead atoms. The number of ether oxygens (including phenoxy) is 2. The molecule has 10 heteroatoms. The Bertz CT molecular complexity index is 1190. The zero-order valence-electron chi connectivity index (χ0n) is 16.9. The van der Waals surface area contributed by atoms with Gasteiger partial charge in [-0.3, -0.25) is 4.79 Å². The van der Waals surface area contributed by atoms with Gasteiger partial charge in [0.05, 0.1) is 30.5 Å². The molecule has 31 heavy (non-hydrogen) atoms. The quantitative estimate of drug-likeness (QED) is 0.526. The number of carbonyl (C=O) groups is 1. The number of hydrogen-bond acceptors (Lipinski definition) is 6. The van der Waals surface area contributed by atoms with Gasteiger partial charge in [-0.1, -0.05) is 39.7 Å². The average Bonchev–Trinajstić information content (AvgIpc) is 3.21. The van der Waals surface area contributed by atoms with Crippen LogP contribution in [0.5, 0.6) is 11.5 Å². The zero-order valence-corrected chi connectivity index (χ0v) is 19.3. The van der Waals surface area contributed by atoms with Crippen LogP contribution >= 0.6 is 27.5 Å². The fraction of sp³-hybridized carbons (Fsp3) is 0.190. The van der Waals surface area contributed by atoms with Crippen molar-refractivity contribution >= 4 is 45.1 Å². The summed E-state index contributed by atoms with van der Waals surface area (Å²) in [6, 6.07) is 10.5. The molecule has 8 nitrogen and oxygen atoms in total. The molecule has 160 valence electrons. The van der Waals surface area contributed by atoms with Crippen molar-refractivity contribution in [1.82, 2.24) is 14.8 Å². The first kappa shape index (κ1) is 21.2. The normalized spacial score (nSPS) is 15.2. The van der Waals surface area contributed by atoms with Crippen molar-refractivity contribution in [2.24, 2.45) is 0 Å². The number of amides is 1. The van der Waals surface area contributed by atoms with Crippen molar-refractivity contribution in [3.05, 3.63) is 69.1 Å². The molecule has 2 aromatic carbocycles. The second-order valence-electron chi connectivity index (χ2n) is 6.79. The number of carbonyl (C=O) groups excluding carboxylic acids is 1. The second kappa shape index (κ2) is 8.60. The summed E-state index contributed by atoms with van der Waals surface area (Å²) in [5.41, 5.74) is 2.48. The minimum absolute atomic E-state index is 0.321. The second-order valence-corrected chi connectivity index (χ2v) is 8.11. The lowest BCUT2D eigenvalue weighted by Crippen LogP contribution is -2.31. The summed E-state index contributed by atoms with van der Waals surface area (Å²) >= 11 is 9.70. The van der Waals surface area contributed by atoms with Crippen molar-refractivity contribution in [3.63, 3.8) is 0 Å². The maximum absolute atomic E-state index is 13.5. The van der Waals surface area contributed by atoms with Gasteiger partial charge < -0.3 is 20.1 Å². The monoisotopic (exact) mass is 503 g/mol. The highest BCUT2D eigenvalue weighted by molar-refractivity contribution is 9.10. The van der Waals surface area contributed by atoms with Gasteiger partial charge in [0.25, 0.3) is 5.91 Å². The van der Waals surface area contributed by atoms with Crippen LogP contribution in [-0.2, 0) is 4.79 Å². The van der Waals surface area contributed by atoms with Crippen molar-refractivity contribution < 1.29 is 14.3 Å². The van der Waals surface area contributed by atoms with Gasteiger partial charge in [-0.05, 0) is 24.6 Å². The van der Waals surface area contributed by atoms with E-state index in [1.165, 1.54) is 20.5 Å². The topological polar surface area (TPSA) is 90.3 Å². The molecule has 0 spiro atoms. The number of hydrogen-bond donors (Lipinski definition) is 2. The van der Waals surface area contributed by atoms with Gasteiger partial charge in [0.15, 0.2) is 0 Å². The summed E-state index contributed by atoms with van der Waals surface area (Å²) in [5.74, 6) is 1.08. The first-order chi connectivity index (χ1) is 14.9. The molecule has 2 heterocycles. The fourth-order valence-corrected chi connectivity index (χ4v) is 4.17. The maximum Gasteiger partial charge on any atom is 0.255 e. The third-order valence-corrected chi connectivity index (χ3v) is 5.71. The molecule has 0 fully saturated rings. The largest absolute Gasteiger partial charge is 0.495 e. The number of halogens is 2. The lowest BCUT2D eigenvalue weighted by molar-refractivity contribution is -0.113. The molecule has 0 saturated heterocycles. The van der Waals surface area contributed by atoms with Gasteiger partial charge in [-0.15, -0.1) is 0 Å². The third-order valence-electron chi connectivity index (χ3n) is 4.93. The Kier molecular flexibility index (Phi) is 5.88. The molecule has 1 aliphatic rings. The summed E-state index contributed by atoms with van der Waals surface area (Å²) < 4.78 is 13.3. The predicted octanol–water partition coefficient (Wildman–Crippen LogP) is 4.64. The number of rotatable bonds is 5. The molecule has 1 unspecified atom stereocenters. The molecule has 0 radical (unpaired) electrons. The molecule has 1 atom stereocenters. The predicted molar refractivity (Wildman–Crippen MR) is 122 cm³/mol. The number of nitrogens with one attached hydrogen (secondary N) is 2. The summed E-state index contributed by atoms with van der Waals surface area (Å²) in [6.07, 6.45) is 1.45. The molecule has 1 aromatic heterocycles. The van der Waals surface area contributed by atoms with Gasteiger partial charge in [-0.2, -0.15) is 10.1 Å². The Morgan fingerprint density at radius 2 is 2.00 bits per heavy atom. The van der Waals surface area contributed by atoms with Crippen LogP contribution in [0.15, 0.2) is 58.5 Å². The van der Waals surface area contributed by atoms with Crippen molar-refractivity contribution in [2.45, 2.75) is 13.0 Å². The van der Waals surface area contributed by atoms with Gasteiger partial charge in [-0.25, -0.2) is 4.68 Å². The van der Waals surface area contributed by atoms with E-state index in [4.69, 9.17) is 21.1 Å². The van der Waals surface area contributed by atoms with E-state index in [0.717, 1.165) is 10.0 Å². The van der Waals surface area contributed by atoms with E-state index in [9.17, 15) is 4.79 Å². The molecular weight excluding hydrogens is 486 g/mol. The van der Waals surface area contributed by atoms with Crippen molar-refractivity contribution in [2.75, 3.05) is 24.9 Å². The fourth-order valence-electron chi connectivity index (χ4n) is 3.52. The summed E-state index contributed by atoms with van der Waals surface area (Å²) in [4.78, 5) is 17.8. The molecule has 2 N–H and O–H groups in total. The minimum Gasteiger partial charge on any atom is -0.495 e. The Morgan fingerprint density at radius 1 is 1.23 bits per heavy atom. The van der Waals surface area contributed by atoms with E-state index in [0.29, 0.717) is 39.4 Å². The van der Waals surface area contributed by atoms with Gasteiger partial charge in [0, 0.05) is 22.3 Å². The Balaban J connectivity index is 1.77. The number of fused-ring (bicyclic) bond motifs is 1. The van der Waals surface area contributed by atoms with Crippen molar-refractivity contribution in [1.29, 1.82) is 0 Å². The first-order valence-corrected chi connectivity index (χ1v) is 10.5. The van der Waals surface area contributed by atoms with Gasteiger partial charge in [0.1, 0.15) is 23.9 Å². The number of anilines is 2. The number of methoxy groups -OCH3 is 2. The van der Waals surface area contributed by atoms with E-state index >= 15 is 0 Å². The van der Waals surface area contributed by atoms with E-state index in [1.54, 1.807) is 16.8 Å². The van der Waals surface area contributed by atoms with Crippen LogP contribution in [0.3, 0.4) is 0 Å². The molecule has 0 aliphatic carbocycles. The highest BCUT2D eigenvalue weighted by Crippen LogP contribution is 2.39. The van der Waals surface area contributed by atoms with E-state index in [-0.39, 0.29) is 5.91 Å².